The molecule has 0 amide bonds. The van der Waals surface area contributed by atoms with Crippen LogP contribution in [-0.4, -0.2) is 32.9 Å². The van der Waals surface area contributed by atoms with Crippen molar-refractivity contribution in [1.29, 1.82) is 0 Å². The number of likely N-dealkylation sites (tertiary alicyclic amines) is 1. The SMILES string of the molecule is Cc1ncc(CN2CCC(c3nc(C)c(C)[nH]3)CC2)o1. The van der Waals surface area contributed by atoms with Crippen molar-refractivity contribution in [3.05, 3.63) is 35.1 Å². The molecule has 0 unspecified atom stereocenters. The molecule has 0 saturated carbocycles. The molecule has 1 aliphatic rings. The standard InChI is InChI=1S/C15H22N4O/c1-10-11(2)18-15(17-10)13-4-6-19(7-5-13)9-14-8-16-12(3)20-14/h8,13H,4-7,9H2,1-3H3,(H,17,18). The summed E-state index contributed by atoms with van der Waals surface area (Å²) >= 11 is 0. The molecule has 0 radical (unpaired) electrons. The van der Waals surface area contributed by atoms with E-state index >= 15 is 0 Å². The van der Waals surface area contributed by atoms with E-state index in [1.54, 1.807) is 0 Å². The molecule has 5 nitrogen and oxygen atoms in total. The zero-order valence-corrected chi connectivity index (χ0v) is 12.4. The number of aromatic amines is 1. The number of imidazole rings is 1. The first-order chi connectivity index (χ1) is 9.61. The second-order valence-corrected chi connectivity index (χ2v) is 5.73. The molecule has 3 rings (SSSR count). The van der Waals surface area contributed by atoms with Crippen molar-refractivity contribution in [1.82, 2.24) is 19.9 Å². The molecule has 0 spiro atoms. The molecule has 0 atom stereocenters. The molecular formula is C15H22N4O. The van der Waals surface area contributed by atoms with Gasteiger partial charge in [-0.15, -0.1) is 0 Å². The summed E-state index contributed by atoms with van der Waals surface area (Å²) in [5.74, 6) is 3.44. The molecule has 0 bridgehead atoms. The fourth-order valence-corrected chi connectivity index (χ4v) is 2.83. The lowest BCUT2D eigenvalue weighted by Gasteiger charge is -2.30. The third-order valence-electron chi connectivity index (χ3n) is 4.17. The van der Waals surface area contributed by atoms with Crippen LogP contribution in [0.1, 0.15) is 47.6 Å². The predicted molar refractivity (Wildman–Crippen MR) is 76.6 cm³/mol. The smallest absolute Gasteiger partial charge is 0.191 e. The summed E-state index contributed by atoms with van der Waals surface area (Å²) in [6.45, 7) is 9.08. The molecule has 1 N–H and O–H groups in total. The van der Waals surface area contributed by atoms with Crippen LogP contribution in [-0.2, 0) is 6.54 Å². The lowest BCUT2D eigenvalue weighted by molar-refractivity contribution is 0.188. The Kier molecular flexibility index (Phi) is 3.61. The molecule has 1 fully saturated rings. The number of nitrogens with zero attached hydrogens (tertiary/aromatic N) is 3. The quantitative estimate of drug-likeness (QED) is 0.935. The summed E-state index contributed by atoms with van der Waals surface area (Å²) < 4.78 is 5.55. The lowest BCUT2D eigenvalue weighted by Crippen LogP contribution is -2.32. The van der Waals surface area contributed by atoms with Crippen molar-refractivity contribution in [2.45, 2.75) is 46.1 Å². The van der Waals surface area contributed by atoms with Gasteiger partial charge in [-0.25, -0.2) is 9.97 Å². The number of aryl methyl sites for hydroxylation is 3. The van der Waals surface area contributed by atoms with Crippen LogP contribution in [0.3, 0.4) is 0 Å². The topological polar surface area (TPSA) is 58.0 Å². The van der Waals surface area contributed by atoms with Gasteiger partial charge in [-0.05, 0) is 39.8 Å². The first kappa shape index (κ1) is 13.4. The van der Waals surface area contributed by atoms with Crippen LogP contribution in [0.4, 0.5) is 0 Å². The maximum absolute atomic E-state index is 5.55. The van der Waals surface area contributed by atoms with E-state index in [0.29, 0.717) is 5.92 Å². The van der Waals surface area contributed by atoms with Gasteiger partial charge in [0, 0.05) is 18.5 Å². The molecule has 1 saturated heterocycles. The Morgan fingerprint density at radius 3 is 2.60 bits per heavy atom. The van der Waals surface area contributed by atoms with E-state index in [9.17, 15) is 0 Å². The van der Waals surface area contributed by atoms with Gasteiger partial charge in [0.1, 0.15) is 11.6 Å². The number of nitrogens with one attached hydrogen (secondary N) is 1. The average molecular weight is 274 g/mol. The number of aromatic nitrogens is 3. The van der Waals surface area contributed by atoms with E-state index in [-0.39, 0.29) is 0 Å². The molecule has 108 valence electrons. The van der Waals surface area contributed by atoms with Gasteiger partial charge in [0.05, 0.1) is 18.4 Å². The zero-order chi connectivity index (χ0) is 14.1. The van der Waals surface area contributed by atoms with E-state index in [1.165, 1.54) is 5.69 Å². The summed E-state index contributed by atoms with van der Waals surface area (Å²) in [6.07, 6.45) is 4.14. The summed E-state index contributed by atoms with van der Waals surface area (Å²) in [5, 5.41) is 0. The van der Waals surface area contributed by atoms with Gasteiger partial charge in [-0.3, -0.25) is 4.90 Å². The Bertz CT molecular complexity index is 559. The molecule has 0 aromatic carbocycles. The Morgan fingerprint density at radius 2 is 2.05 bits per heavy atom. The number of piperidine rings is 1. The van der Waals surface area contributed by atoms with E-state index in [0.717, 1.165) is 55.6 Å². The van der Waals surface area contributed by atoms with Gasteiger partial charge in [0.15, 0.2) is 5.89 Å². The second kappa shape index (κ2) is 5.40. The molecule has 20 heavy (non-hydrogen) atoms. The van der Waals surface area contributed by atoms with Gasteiger partial charge in [0.2, 0.25) is 0 Å². The van der Waals surface area contributed by atoms with Crippen molar-refractivity contribution < 1.29 is 4.42 Å². The summed E-state index contributed by atoms with van der Waals surface area (Å²) in [4.78, 5) is 14.6. The summed E-state index contributed by atoms with van der Waals surface area (Å²) in [5.41, 5.74) is 2.32. The zero-order valence-electron chi connectivity index (χ0n) is 12.4. The van der Waals surface area contributed by atoms with Crippen LogP contribution in [0, 0.1) is 20.8 Å². The number of hydrogen-bond acceptors (Lipinski definition) is 4. The van der Waals surface area contributed by atoms with Gasteiger partial charge >= 0.3 is 0 Å². The van der Waals surface area contributed by atoms with Crippen molar-refractivity contribution >= 4 is 0 Å². The average Bonchev–Trinajstić information content (AvgIpc) is 2.98. The molecule has 2 aromatic heterocycles. The third kappa shape index (κ3) is 2.77. The van der Waals surface area contributed by atoms with E-state index in [2.05, 4.69) is 33.7 Å². The Hall–Kier alpha value is -1.62. The molecule has 3 heterocycles. The highest BCUT2D eigenvalue weighted by Gasteiger charge is 2.23. The highest BCUT2D eigenvalue weighted by atomic mass is 16.4. The largest absolute Gasteiger partial charge is 0.445 e. The van der Waals surface area contributed by atoms with E-state index in [4.69, 9.17) is 4.42 Å². The van der Waals surface area contributed by atoms with Crippen LogP contribution >= 0.6 is 0 Å². The fourth-order valence-electron chi connectivity index (χ4n) is 2.83. The summed E-state index contributed by atoms with van der Waals surface area (Å²) in [6, 6.07) is 0. The molecule has 0 aliphatic carbocycles. The van der Waals surface area contributed by atoms with Crippen LogP contribution < -0.4 is 0 Å². The third-order valence-corrected chi connectivity index (χ3v) is 4.17. The monoisotopic (exact) mass is 274 g/mol. The van der Waals surface area contributed by atoms with Crippen molar-refractivity contribution in [2.24, 2.45) is 0 Å². The highest BCUT2D eigenvalue weighted by Crippen LogP contribution is 2.27. The van der Waals surface area contributed by atoms with Crippen molar-refractivity contribution in [2.75, 3.05) is 13.1 Å². The van der Waals surface area contributed by atoms with Crippen LogP contribution in [0.2, 0.25) is 0 Å². The molecule has 2 aromatic rings. The molecular weight excluding hydrogens is 252 g/mol. The summed E-state index contributed by atoms with van der Waals surface area (Å²) in [7, 11) is 0. The van der Waals surface area contributed by atoms with Gasteiger partial charge < -0.3 is 9.40 Å². The first-order valence-electron chi connectivity index (χ1n) is 7.28. The van der Waals surface area contributed by atoms with Crippen molar-refractivity contribution in [3.63, 3.8) is 0 Å². The van der Waals surface area contributed by atoms with E-state index in [1.807, 2.05) is 13.1 Å². The minimum absolute atomic E-state index is 0.565. The number of H-pyrrole nitrogens is 1. The predicted octanol–water partition coefficient (Wildman–Crippen LogP) is 2.70. The number of rotatable bonds is 3. The van der Waals surface area contributed by atoms with Gasteiger partial charge in [-0.1, -0.05) is 0 Å². The Balaban J connectivity index is 1.56. The van der Waals surface area contributed by atoms with Gasteiger partial charge in [0.25, 0.3) is 0 Å². The van der Waals surface area contributed by atoms with Gasteiger partial charge in [-0.2, -0.15) is 0 Å². The van der Waals surface area contributed by atoms with E-state index < -0.39 is 0 Å². The Labute approximate surface area is 119 Å². The minimum atomic E-state index is 0.565. The molecule has 1 aliphatic heterocycles. The second-order valence-electron chi connectivity index (χ2n) is 5.73. The molecule has 5 heteroatoms. The number of hydrogen-bond donors (Lipinski definition) is 1. The maximum Gasteiger partial charge on any atom is 0.191 e. The van der Waals surface area contributed by atoms with Crippen molar-refractivity contribution in [3.8, 4) is 0 Å². The van der Waals surface area contributed by atoms with Crippen LogP contribution in [0.25, 0.3) is 0 Å². The highest BCUT2D eigenvalue weighted by molar-refractivity contribution is 5.14. The fraction of sp³-hybridized carbons (Fsp3) is 0.600. The van der Waals surface area contributed by atoms with Crippen LogP contribution in [0.15, 0.2) is 10.6 Å². The Morgan fingerprint density at radius 1 is 1.30 bits per heavy atom. The lowest BCUT2D eigenvalue weighted by atomic mass is 9.96. The normalized spacial score (nSPS) is 17.8. The maximum atomic E-state index is 5.55. The minimum Gasteiger partial charge on any atom is -0.445 e. The van der Waals surface area contributed by atoms with Crippen LogP contribution in [0.5, 0.6) is 0 Å². The first-order valence-corrected chi connectivity index (χ1v) is 7.28. The number of oxazole rings is 1.